The number of halogens is 3. The van der Waals surface area contributed by atoms with Gasteiger partial charge in [0.15, 0.2) is 5.37 Å². The van der Waals surface area contributed by atoms with Crippen molar-refractivity contribution in [2.45, 2.75) is 20.7 Å². The molecule has 2 rings (SSSR count). The van der Waals surface area contributed by atoms with E-state index in [1.807, 2.05) is 6.07 Å². The molecule has 1 atom stereocenters. The highest BCUT2D eigenvalue weighted by atomic mass is 35.6. The number of rotatable bonds is 5. The number of sulfone groups is 1. The molecule has 0 bridgehead atoms. The fraction of sp³-hybridized carbons (Fsp3) is 0.188. The maximum atomic E-state index is 12.7. The minimum absolute atomic E-state index is 0.0510. The minimum Gasteiger partial charge on any atom is -0.445 e. The zero-order chi connectivity index (χ0) is 18.5. The molecule has 1 amide bonds. The fourth-order valence-corrected chi connectivity index (χ4v) is 4.58. The van der Waals surface area contributed by atoms with E-state index < -0.39 is 25.1 Å². The summed E-state index contributed by atoms with van der Waals surface area (Å²) in [5, 5.41) is 0.311. The molecule has 2 aromatic carbocycles. The van der Waals surface area contributed by atoms with Crippen LogP contribution in [0.25, 0.3) is 0 Å². The summed E-state index contributed by atoms with van der Waals surface area (Å²) in [5.74, 6) is 0. The molecule has 0 aliphatic heterocycles. The molecule has 0 heterocycles. The van der Waals surface area contributed by atoms with Crippen molar-refractivity contribution in [1.82, 2.24) is 5.32 Å². The van der Waals surface area contributed by atoms with E-state index in [1.54, 1.807) is 30.3 Å². The Morgan fingerprint density at radius 3 is 2.04 bits per heavy atom. The Labute approximate surface area is 160 Å². The molecule has 25 heavy (non-hydrogen) atoms. The van der Waals surface area contributed by atoms with Gasteiger partial charge >= 0.3 is 6.09 Å². The first-order chi connectivity index (χ1) is 11.7. The molecule has 0 spiro atoms. The van der Waals surface area contributed by atoms with E-state index in [0.717, 1.165) is 5.56 Å². The summed E-state index contributed by atoms with van der Waals surface area (Å²) >= 11 is 17.3. The molecule has 0 saturated heterocycles. The largest absolute Gasteiger partial charge is 0.445 e. The molecule has 0 aliphatic rings. The topological polar surface area (TPSA) is 72.5 Å². The van der Waals surface area contributed by atoms with Gasteiger partial charge in [-0.3, -0.25) is 0 Å². The molecule has 0 saturated carbocycles. The average Bonchev–Trinajstić information content (AvgIpc) is 2.58. The second-order valence-corrected chi connectivity index (χ2v) is 9.39. The van der Waals surface area contributed by atoms with Crippen LogP contribution in [0, 0.1) is 0 Å². The van der Waals surface area contributed by atoms with Crippen molar-refractivity contribution in [3.05, 3.63) is 66.2 Å². The molecule has 134 valence electrons. The predicted molar refractivity (Wildman–Crippen MR) is 97.5 cm³/mol. The molecule has 0 aromatic heterocycles. The number of carbonyl (C=O) groups is 1. The van der Waals surface area contributed by atoms with Gasteiger partial charge in [0.05, 0.1) is 4.90 Å². The van der Waals surface area contributed by atoms with E-state index in [4.69, 9.17) is 39.5 Å². The van der Waals surface area contributed by atoms with Gasteiger partial charge in [-0.05, 0) is 17.7 Å². The normalized spacial score (nSPS) is 13.1. The average molecular weight is 423 g/mol. The van der Waals surface area contributed by atoms with Crippen LogP contribution in [-0.4, -0.2) is 23.7 Å². The van der Waals surface area contributed by atoms with Crippen molar-refractivity contribution in [2.75, 3.05) is 0 Å². The summed E-state index contributed by atoms with van der Waals surface area (Å²) < 4.78 is 28.0. The van der Waals surface area contributed by atoms with E-state index in [1.165, 1.54) is 24.3 Å². The molecule has 0 aliphatic carbocycles. The lowest BCUT2D eigenvalue weighted by molar-refractivity contribution is 0.138. The van der Waals surface area contributed by atoms with E-state index in [-0.39, 0.29) is 11.5 Å². The van der Waals surface area contributed by atoms with Crippen LogP contribution in [0.15, 0.2) is 65.6 Å². The second-order valence-electron chi connectivity index (χ2n) is 4.99. The Balaban J connectivity index is 2.14. The van der Waals surface area contributed by atoms with Crippen molar-refractivity contribution < 1.29 is 17.9 Å². The lowest BCUT2D eigenvalue weighted by Crippen LogP contribution is -2.49. The molecule has 1 N–H and O–H groups in total. The van der Waals surface area contributed by atoms with Crippen molar-refractivity contribution in [2.24, 2.45) is 0 Å². The number of ether oxygens (including phenoxy) is 1. The van der Waals surface area contributed by atoms with Crippen LogP contribution < -0.4 is 5.32 Å². The number of hydrogen-bond donors (Lipinski definition) is 1. The van der Waals surface area contributed by atoms with Gasteiger partial charge in [-0.1, -0.05) is 83.3 Å². The van der Waals surface area contributed by atoms with Gasteiger partial charge in [-0.2, -0.15) is 0 Å². The number of carbonyl (C=O) groups excluding carboxylic acids is 1. The Bertz CT molecular complexity index is 808. The Kier molecular flexibility index (Phi) is 6.57. The van der Waals surface area contributed by atoms with Crippen LogP contribution in [0.3, 0.4) is 0 Å². The molecular formula is C16H14Cl3NO4S. The van der Waals surface area contributed by atoms with Gasteiger partial charge in [0.1, 0.15) is 6.61 Å². The number of alkyl carbamates (subject to hydrolysis) is 1. The number of amides is 1. The van der Waals surface area contributed by atoms with Gasteiger partial charge in [-0.25, -0.2) is 13.2 Å². The second kappa shape index (κ2) is 8.27. The number of benzene rings is 2. The van der Waals surface area contributed by atoms with Gasteiger partial charge < -0.3 is 10.1 Å². The smallest absolute Gasteiger partial charge is 0.408 e. The third-order valence-corrected chi connectivity index (χ3v) is 6.21. The first-order valence-corrected chi connectivity index (χ1v) is 9.72. The lowest BCUT2D eigenvalue weighted by atomic mass is 10.2. The van der Waals surface area contributed by atoms with Crippen molar-refractivity contribution in [3.63, 3.8) is 0 Å². The van der Waals surface area contributed by atoms with Gasteiger partial charge in [0, 0.05) is 0 Å². The molecular weight excluding hydrogens is 409 g/mol. The molecule has 0 radical (unpaired) electrons. The van der Waals surface area contributed by atoms with Crippen LogP contribution in [0.2, 0.25) is 0 Å². The monoisotopic (exact) mass is 421 g/mol. The summed E-state index contributed by atoms with van der Waals surface area (Å²) in [7, 11) is -4.14. The number of alkyl halides is 3. The molecule has 5 nitrogen and oxygen atoms in total. The Morgan fingerprint density at radius 1 is 1.00 bits per heavy atom. The van der Waals surface area contributed by atoms with Gasteiger partial charge in [-0.15, -0.1) is 0 Å². The number of hydrogen-bond acceptors (Lipinski definition) is 4. The van der Waals surface area contributed by atoms with Crippen LogP contribution in [0.4, 0.5) is 4.79 Å². The van der Waals surface area contributed by atoms with E-state index in [0.29, 0.717) is 0 Å². The fourth-order valence-electron chi connectivity index (χ4n) is 1.95. The third kappa shape index (κ3) is 5.51. The Morgan fingerprint density at radius 2 is 1.52 bits per heavy atom. The van der Waals surface area contributed by atoms with E-state index in [9.17, 15) is 13.2 Å². The van der Waals surface area contributed by atoms with E-state index in [2.05, 4.69) is 5.32 Å². The maximum Gasteiger partial charge on any atom is 0.408 e. The highest BCUT2D eigenvalue weighted by molar-refractivity contribution is 7.92. The van der Waals surface area contributed by atoms with Crippen LogP contribution in [0.1, 0.15) is 5.56 Å². The van der Waals surface area contributed by atoms with E-state index >= 15 is 0 Å². The first-order valence-electron chi connectivity index (χ1n) is 7.04. The van der Waals surface area contributed by atoms with Crippen molar-refractivity contribution in [3.8, 4) is 0 Å². The third-order valence-electron chi connectivity index (χ3n) is 3.14. The summed E-state index contributed by atoms with van der Waals surface area (Å²) in [5.41, 5.74) is 0.731. The van der Waals surface area contributed by atoms with Gasteiger partial charge in [0.2, 0.25) is 13.6 Å². The molecule has 9 heteroatoms. The van der Waals surface area contributed by atoms with Crippen LogP contribution in [-0.2, 0) is 21.2 Å². The molecule has 2 aromatic rings. The Hall–Kier alpha value is -1.47. The first kappa shape index (κ1) is 19.8. The summed E-state index contributed by atoms with van der Waals surface area (Å²) in [6, 6.07) is 16.2. The molecule has 0 unspecified atom stereocenters. The predicted octanol–water partition coefficient (Wildman–Crippen LogP) is 4.08. The quantitative estimate of drug-likeness (QED) is 0.737. The number of nitrogens with one attached hydrogen (secondary N) is 1. The zero-order valence-electron chi connectivity index (χ0n) is 12.7. The highest BCUT2D eigenvalue weighted by Gasteiger charge is 2.45. The lowest BCUT2D eigenvalue weighted by Gasteiger charge is -2.25. The summed E-state index contributed by atoms with van der Waals surface area (Å²) in [6.45, 7) is -0.0510. The van der Waals surface area contributed by atoms with Gasteiger partial charge in [0.25, 0.3) is 0 Å². The van der Waals surface area contributed by atoms with Crippen molar-refractivity contribution in [1.29, 1.82) is 0 Å². The minimum atomic E-state index is -4.14. The standard InChI is InChI=1S/C16H14Cl3NO4S/c17-16(18,19)14(25(22,23)13-9-5-2-6-10-13)20-15(21)24-11-12-7-3-1-4-8-12/h1-10,14H,11H2,(H,20,21)/t14-/m1/s1. The SMILES string of the molecule is O=C(N[C@@H](C(Cl)(Cl)Cl)S(=O)(=O)c1ccccc1)OCc1ccccc1. The summed E-state index contributed by atoms with van der Waals surface area (Å²) in [4.78, 5) is 11.9. The van der Waals surface area contributed by atoms with Crippen LogP contribution in [0.5, 0.6) is 0 Å². The zero-order valence-corrected chi connectivity index (χ0v) is 15.8. The van der Waals surface area contributed by atoms with Crippen LogP contribution >= 0.6 is 34.8 Å². The maximum absolute atomic E-state index is 12.7. The highest BCUT2D eigenvalue weighted by Crippen LogP contribution is 2.35. The molecule has 0 fully saturated rings. The van der Waals surface area contributed by atoms with Crippen molar-refractivity contribution >= 4 is 50.7 Å². The summed E-state index contributed by atoms with van der Waals surface area (Å²) in [6.07, 6.45) is -1.01.